The van der Waals surface area contributed by atoms with Crippen LogP contribution in [0.25, 0.3) is 5.57 Å². The molecule has 0 radical (unpaired) electrons. The van der Waals surface area contributed by atoms with E-state index < -0.39 is 18.0 Å². The third kappa shape index (κ3) is 2.33. The predicted molar refractivity (Wildman–Crippen MR) is 87.3 cm³/mol. The first-order valence-electron chi connectivity index (χ1n) is 7.53. The minimum atomic E-state index is -1.17. The number of rotatable bonds is 4. The number of β-lactam (4-membered cyclic amide) rings is 1. The molecule has 0 bridgehead atoms. The van der Waals surface area contributed by atoms with E-state index in [1.807, 2.05) is 0 Å². The molecule has 24 heavy (non-hydrogen) atoms. The van der Waals surface area contributed by atoms with E-state index in [0.717, 1.165) is 0 Å². The van der Waals surface area contributed by atoms with Crippen molar-refractivity contribution in [3.8, 4) is 0 Å². The van der Waals surface area contributed by atoms with Crippen molar-refractivity contribution < 1.29 is 24.6 Å². The lowest BCUT2D eigenvalue weighted by atomic mass is 9.83. The maximum absolute atomic E-state index is 12.2. The van der Waals surface area contributed by atoms with E-state index in [9.17, 15) is 24.6 Å². The number of fused-ring (bicyclic) bond motifs is 1. The molecule has 1 fully saturated rings. The summed E-state index contributed by atoms with van der Waals surface area (Å²) in [6.45, 7) is 1.54. The first kappa shape index (κ1) is 16.7. The van der Waals surface area contributed by atoms with Crippen LogP contribution >= 0.6 is 11.3 Å². The lowest BCUT2D eigenvalue weighted by molar-refractivity contribution is -0.161. The molecule has 8 heteroatoms. The maximum Gasteiger partial charge on any atom is 0.352 e. The van der Waals surface area contributed by atoms with Crippen molar-refractivity contribution in [3.63, 3.8) is 0 Å². The molecule has 0 aliphatic carbocycles. The third-order valence-electron chi connectivity index (χ3n) is 4.45. The third-order valence-corrected chi connectivity index (χ3v) is 5.58. The highest BCUT2D eigenvalue weighted by Crippen LogP contribution is 2.48. The molecular weight excluding hydrogens is 332 g/mol. The standard InChI is InChI=1S/C16H18N2O5S/c1-7(19)12-9-6-8(13(16(22)23)18(9)15(12)21)10-4-5-11(24-10)14(20)17(2)3/h4-5,7,9,12,19H,6H2,1-3H3,(H,22,23)/t7-,9-,12-/m1/s1. The Bertz CT molecular complexity index is 764. The van der Waals surface area contributed by atoms with Gasteiger partial charge in [0, 0.05) is 24.5 Å². The van der Waals surface area contributed by atoms with Crippen LogP contribution in [0.5, 0.6) is 0 Å². The second-order valence-electron chi connectivity index (χ2n) is 6.24. The highest BCUT2D eigenvalue weighted by atomic mass is 32.1. The van der Waals surface area contributed by atoms with E-state index in [1.165, 1.54) is 28.1 Å². The molecule has 3 atom stereocenters. The molecule has 0 spiro atoms. The van der Waals surface area contributed by atoms with Gasteiger partial charge in [-0.2, -0.15) is 0 Å². The van der Waals surface area contributed by atoms with Gasteiger partial charge in [0.15, 0.2) is 0 Å². The molecule has 2 N–H and O–H groups in total. The SMILES string of the molecule is C[C@@H](O)[C@H]1C(=O)N2C(C(=O)O)=C(c3ccc(C(=O)N(C)C)s3)C[C@H]12. The first-order chi connectivity index (χ1) is 11.2. The molecular formula is C16H18N2O5S. The number of hydrogen-bond donors (Lipinski definition) is 2. The lowest BCUT2D eigenvalue weighted by Crippen LogP contribution is -2.61. The zero-order chi connectivity index (χ0) is 17.8. The Morgan fingerprint density at radius 2 is 2.04 bits per heavy atom. The van der Waals surface area contributed by atoms with Crippen LogP contribution in [0, 0.1) is 5.92 Å². The van der Waals surface area contributed by atoms with Crippen molar-refractivity contribution in [1.29, 1.82) is 0 Å². The van der Waals surface area contributed by atoms with Crippen LogP contribution in [0.2, 0.25) is 0 Å². The fourth-order valence-electron chi connectivity index (χ4n) is 3.33. The van der Waals surface area contributed by atoms with Gasteiger partial charge in [-0.1, -0.05) is 0 Å². The van der Waals surface area contributed by atoms with E-state index in [2.05, 4.69) is 0 Å². The zero-order valence-corrected chi connectivity index (χ0v) is 14.3. The summed E-state index contributed by atoms with van der Waals surface area (Å²) in [6.07, 6.45) is -0.443. The van der Waals surface area contributed by atoms with Crippen LogP contribution < -0.4 is 0 Å². The minimum Gasteiger partial charge on any atom is -0.477 e. The number of carboxylic acid groups (broad SMARTS) is 1. The predicted octanol–water partition coefficient (Wildman–Crippen LogP) is 0.857. The van der Waals surface area contributed by atoms with Gasteiger partial charge in [-0.25, -0.2) is 4.79 Å². The largest absolute Gasteiger partial charge is 0.477 e. The summed E-state index contributed by atoms with van der Waals surface area (Å²) in [5.74, 6) is -2.25. The number of nitrogens with zero attached hydrogens (tertiary/aromatic N) is 2. The van der Waals surface area contributed by atoms with E-state index >= 15 is 0 Å². The summed E-state index contributed by atoms with van der Waals surface area (Å²) in [4.78, 5) is 39.8. The van der Waals surface area contributed by atoms with Gasteiger partial charge in [-0.3, -0.25) is 9.59 Å². The molecule has 0 aromatic carbocycles. The van der Waals surface area contributed by atoms with Crippen LogP contribution in [0.15, 0.2) is 17.8 Å². The maximum atomic E-state index is 12.2. The normalized spacial score (nSPS) is 23.8. The Balaban J connectivity index is 1.97. The van der Waals surface area contributed by atoms with E-state index in [4.69, 9.17) is 0 Å². The first-order valence-corrected chi connectivity index (χ1v) is 8.35. The number of aliphatic hydroxyl groups is 1. The summed E-state index contributed by atoms with van der Waals surface area (Å²) >= 11 is 1.22. The molecule has 1 saturated heterocycles. The quantitative estimate of drug-likeness (QED) is 0.785. The number of carbonyl (C=O) groups excluding carboxylic acids is 2. The van der Waals surface area contributed by atoms with E-state index in [1.54, 1.807) is 26.2 Å². The molecule has 2 aliphatic rings. The van der Waals surface area contributed by atoms with Crippen molar-refractivity contribution in [1.82, 2.24) is 9.80 Å². The molecule has 1 aromatic rings. The van der Waals surface area contributed by atoms with Crippen molar-refractivity contribution in [2.24, 2.45) is 5.92 Å². The van der Waals surface area contributed by atoms with Crippen LogP contribution in [-0.4, -0.2) is 64.0 Å². The molecule has 3 rings (SSSR count). The second kappa shape index (κ2) is 5.71. The number of aliphatic hydroxyl groups excluding tert-OH is 1. The van der Waals surface area contributed by atoms with Crippen LogP contribution in [-0.2, 0) is 9.59 Å². The van der Waals surface area contributed by atoms with Crippen molar-refractivity contribution in [2.45, 2.75) is 25.5 Å². The van der Waals surface area contributed by atoms with E-state index in [-0.39, 0.29) is 23.6 Å². The number of carboxylic acids is 1. The van der Waals surface area contributed by atoms with Crippen molar-refractivity contribution >= 4 is 34.7 Å². The Hall–Kier alpha value is -2.19. The van der Waals surface area contributed by atoms with Crippen LogP contribution in [0.4, 0.5) is 0 Å². The monoisotopic (exact) mass is 350 g/mol. The summed E-state index contributed by atoms with van der Waals surface area (Å²) in [5, 5.41) is 19.3. The molecule has 2 aliphatic heterocycles. The Kier molecular flexibility index (Phi) is 3.97. The molecule has 2 amide bonds. The smallest absolute Gasteiger partial charge is 0.352 e. The number of aliphatic carboxylic acids is 1. The average molecular weight is 350 g/mol. The second-order valence-corrected chi connectivity index (χ2v) is 7.33. The number of hydrogen-bond acceptors (Lipinski definition) is 5. The van der Waals surface area contributed by atoms with Gasteiger partial charge in [0.25, 0.3) is 5.91 Å². The molecule has 3 heterocycles. The van der Waals surface area contributed by atoms with Crippen LogP contribution in [0.3, 0.4) is 0 Å². The highest BCUT2D eigenvalue weighted by molar-refractivity contribution is 7.15. The Labute approximate surface area is 142 Å². The lowest BCUT2D eigenvalue weighted by Gasteiger charge is -2.44. The zero-order valence-electron chi connectivity index (χ0n) is 13.5. The van der Waals surface area contributed by atoms with Gasteiger partial charge in [-0.05, 0) is 25.5 Å². The van der Waals surface area contributed by atoms with Gasteiger partial charge < -0.3 is 20.0 Å². The van der Waals surface area contributed by atoms with Gasteiger partial charge >= 0.3 is 5.97 Å². The summed E-state index contributed by atoms with van der Waals surface area (Å²) in [7, 11) is 3.30. The molecule has 0 saturated carbocycles. The fourth-order valence-corrected chi connectivity index (χ4v) is 4.41. The topological polar surface area (TPSA) is 98.1 Å². The Morgan fingerprint density at radius 3 is 2.58 bits per heavy atom. The van der Waals surface area contributed by atoms with Gasteiger partial charge in [0.1, 0.15) is 5.70 Å². The number of thiophene rings is 1. The molecule has 1 aromatic heterocycles. The van der Waals surface area contributed by atoms with Gasteiger partial charge in [0.05, 0.1) is 22.9 Å². The van der Waals surface area contributed by atoms with E-state index in [0.29, 0.717) is 21.7 Å². The molecule has 0 unspecified atom stereocenters. The van der Waals surface area contributed by atoms with Gasteiger partial charge in [0.2, 0.25) is 5.91 Å². The molecule has 7 nitrogen and oxygen atoms in total. The summed E-state index contributed by atoms with van der Waals surface area (Å²) < 4.78 is 0. The average Bonchev–Trinajstić information content (AvgIpc) is 3.07. The van der Waals surface area contributed by atoms with Crippen molar-refractivity contribution in [3.05, 3.63) is 27.6 Å². The van der Waals surface area contributed by atoms with Crippen LogP contribution in [0.1, 0.15) is 27.9 Å². The van der Waals surface area contributed by atoms with Gasteiger partial charge in [-0.15, -0.1) is 11.3 Å². The fraction of sp³-hybridized carbons (Fsp3) is 0.438. The summed E-state index contributed by atoms with van der Waals surface area (Å²) in [6, 6.07) is 3.06. The van der Waals surface area contributed by atoms with Crippen molar-refractivity contribution in [2.75, 3.05) is 14.1 Å². The molecule has 128 valence electrons. The summed E-state index contributed by atoms with van der Waals surface area (Å²) in [5.41, 5.74) is 0.513. The highest BCUT2D eigenvalue weighted by Gasteiger charge is 2.56. The number of amides is 2. The minimum absolute atomic E-state index is 0.0346. The number of carbonyl (C=O) groups is 3. The Morgan fingerprint density at radius 1 is 1.38 bits per heavy atom.